The molecular formula is C26H28N4O4S. The fraction of sp³-hybridized carbons (Fsp3) is 0.346. The number of allylic oxidation sites excluding steroid dienone is 1. The summed E-state index contributed by atoms with van der Waals surface area (Å²) in [7, 11) is 2.11. The number of benzene rings is 1. The molecule has 2 aromatic heterocycles. The maximum atomic E-state index is 13.6. The van der Waals surface area contributed by atoms with Crippen LogP contribution in [-0.2, 0) is 9.53 Å². The molecule has 0 aliphatic carbocycles. The molecule has 0 radical (unpaired) electrons. The number of ether oxygens (including phenoxy) is 1. The van der Waals surface area contributed by atoms with E-state index < -0.39 is 12.0 Å². The number of esters is 1. The van der Waals surface area contributed by atoms with Gasteiger partial charge in [-0.15, -0.1) is 0 Å². The highest BCUT2D eigenvalue weighted by atomic mass is 32.1. The van der Waals surface area contributed by atoms with Crippen LogP contribution in [0.15, 0.2) is 67.9 Å². The Morgan fingerprint density at radius 3 is 2.63 bits per heavy atom. The molecule has 1 fully saturated rings. The average Bonchev–Trinajstić information content (AvgIpc) is 3.44. The number of likely N-dealkylation sites (N-methyl/N-ethyl adjacent to an activating group) is 1. The number of piperazine rings is 1. The van der Waals surface area contributed by atoms with Crippen LogP contribution in [0.1, 0.15) is 31.2 Å². The average molecular weight is 493 g/mol. The maximum absolute atomic E-state index is 13.6. The maximum Gasteiger partial charge on any atom is 0.338 e. The van der Waals surface area contributed by atoms with E-state index in [0.29, 0.717) is 26.4 Å². The second-order valence-corrected chi connectivity index (χ2v) is 9.69. The number of rotatable bonds is 5. The Labute approximate surface area is 207 Å². The Morgan fingerprint density at radius 2 is 1.91 bits per heavy atom. The zero-order chi connectivity index (χ0) is 24.5. The Morgan fingerprint density at radius 1 is 1.17 bits per heavy atom. The van der Waals surface area contributed by atoms with Gasteiger partial charge < -0.3 is 19.0 Å². The zero-order valence-electron chi connectivity index (χ0n) is 20.1. The van der Waals surface area contributed by atoms with E-state index in [1.165, 1.54) is 11.3 Å². The summed E-state index contributed by atoms with van der Waals surface area (Å²) < 4.78 is 13.5. The number of carbonyl (C=O) groups is 1. The summed E-state index contributed by atoms with van der Waals surface area (Å²) in [6.07, 6.45) is 1.76. The quantitative estimate of drug-likeness (QED) is 0.508. The van der Waals surface area contributed by atoms with Gasteiger partial charge in [-0.1, -0.05) is 41.7 Å². The number of furan rings is 1. The Kier molecular flexibility index (Phi) is 6.44. The number of hydrogen-bond acceptors (Lipinski definition) is 8. The smallest absolute Gasteiger partial charge is 0.338 e. The molecule has 0 N–H and O–H groups in total. The molecule has 35 heavy (non-hydrogen) atoms. The lowest BCUT2D eigenvalue weighted by Gasteiger charge is -2.32. The van der Waals surface area contributed by atoms with Crippen molar-refractivity contribution in [2.75, 3.05) is 44.7 Å². The largest absolute Gasteiger partial charge is 0.463 e. The third-order valence-electron chi connectivity index (χ3n) is 6.33. The molecule has 9 heteroatoms. The van der Waals surface area contributed by atoms with E-state index in [0.717, 1.165) is 37.6 Å². The van der Waals surface area contributed by atoms with Gasteiger partial charge in [0.25, 0.3) is 5.56 Å². The monoisotopic (exact) mass is 492 g/mol. The number of fused-ring (bicyclic) bond motifs is 1. The van der Waals surface area contributed by atoms with Gasteiger partial charge in [0.1, 0.15) is 5.76 Å². The Balaban J connectivity index is 1.57. The molecule has 4 heterocycles. The number of hydrogen-bond donors (Lipinski definition) is 0. The molecule has 0 amide bonds. The molecule has 1 atom stereocenters. The van der Waals surface area contributed by atoms with Crippen LogP contribution in [-0.4, -0.2) is 55.3 Å². The van der Waals surface area contributed by atoms with Crippen molar-refractivity contribution in [3.05, 3.63) is 84.7 Å². The predicted molar refractivity (Wildman–Crippen MR) is 135 cm³/mol. The lowest BCUT2D eigenvalue weighted by atomic mass is 9.96. The fourth-order valence-electron chi connectivity index (χ4n) is 4.49. The van der Waals surface area contributed by atoms with Gasteiger partial charge in [-0.3, -0.25) is 9.36 Å². The highest BCUT2D eigenvalue weighted by Gasteiger charge is 2.33. The van der Waals surface area contributed by atoms with Gasteiger partial charge in [-0.25, -0.2) is 9.79 Å². The molecule has 1 aromatic carbocycles. The van der Waals surface area contributed by atoms with Crippen molar-refractivity contribution >= 4 is 29.3 Å². The summed E-state index contributed by atoms with van der Waals surface area (Å²) in [5.41, 5.74) is 1.55. The van der Waals surface area contributed by atoms with Crippen LogP contribution in [0.4, 0.5) is 5.88 Å². The third-order valence-corrected chi connectivity index (χ3v) is 7.32. The zero-order valence-corrected chi connectivity index (χ0v) is 20.9. The molecule has 8 nitrogen and oxygen atoms in total. The topological polar surface area (TPSA) is 80.3 Å². The first-order chi connectivity index (χ1) is 17.0. The van der Waals surface area contributed by atoms with Crippen LogP contribution in [0.3, 0.4) is 0 Å². The summed E-state index contributed by atoms with van der Waals surface area (Å²) in [4.78, 5) is 36.2. The third kappa shape index (κ3) is 4.49. The Bertz CT molecular complexity index is 1440. The molecule has 182 valence electrons. The van der Waals surface area contributed by atoms with Crippen LogP contribution in [0.25, 0.3) is 6.08 Å². The minimum atomic E-state index is -0.605. The van der Waals surface area contributed by atoms with Crippen LogP contribution in [0, 0.1) is 0 Å². The summed E-state index contributed by atoms with van der Waals surface area (Å²) in [5, 5.41) is 0. The molecule has 0 spiro atoms. The van der Waals surface area contributed by atoms with Crippen LogP contribution in [0.2, 0.25) is 0 Å². The van der Waals surface area contributed by atoms with E-state index in [1.807, 2.05) is 42.5 Å². The van der Waals surface area contributed by atoms with Crippen LogP contribution < -0.4 is 19.8 Å². The second kappa shape index (κ2) is 9.67. The van der Waals surface area contributed by atoms with Crippen molar-refractivity contribution in [1.29, 1.82) is 0 Å². The van der Waals surface area contributed by atoms with Gasteiger partial charge >= 0.3 is 5.97 Å². The van der Waals surface area contributed by atoms with Gasteiger partial charge in [0.05, 0.1) is 28.5 Å². The number of carbonyl (C=O) groups excluding carboxylic acids is 1. The molecule has 0 unspecified atom stereocenters. The van der Waals surface area contributed by atoms with E-state index in [9.17, 15) is 9.59 Å². The van der Waals surface area contributed by atoms with Crippen molar-refractivity contribution in [3.8, 4) is 0 Å². The van der Waals surface area contributed by atoms with E-state index in [2.05, 4.69) is 21.8 Å². The molecule has 5 rings (SSSR count). The van der Waals surface area contributed by atoms with Crippen molar-refractivity contribution < 1.29 is 13.9 Å². The van der Waals surface area contributed by atoms with E-state index >= 15 is 0 Å². The van der Waals surface area contributed by atoms with Crippen LogP contribution >= 0.6 is 11.3 Å². The summed E-state index contributed by atoms with van der Waals surface area (Å²) >= 11 is 1.29. The highest BCUT2D eigenvalue weighted by Crippen LogP contribution is 2.30. The first kappa shape index (κ1) is 23.3. The lowest BCUT2D eigenvalue weighted by Crippen LogP contribution is -2.44. The first-order valence-corrected chi connectivity index (χ1v) is 12.6. The van der Waals surface area contributed by atoms with Gasteiger partial charge in [0, 0.05) is 38.3 Å². The number of thiazole rings is 1. The van der Waals surface area contributed by atoms with Crippen molar-refractivity contribution in [2.45, 2.75) is 19.9 Å². The fourth-order valence-corrected chi connectivity index (χ4v) is 5.51. The summed E-state index contributed by atoms with van der Waals surface area (Å²) in [6, 6.07) is 12.7. The molecular weight excluding hydrogens is 464 g/mol. The number of aromatic nitrogens is 1. The molecule has 0 saturated carbocycles. The molecule has 2 aliphatic heterocycles. The standard InChI is InChI=1S/C26H28N4O4S/c1-4-33-25(32)22-17(2)27-26-30(23(22)18-8-6-5-7-9-18)24(31)20(35-26)16-19-10-11-21(34-19)29-14-12-28(3)13-15-29/h5-11,16,23H,4,12-15H2,1-3H3/b20-16+/t23-/m1/s1. The van der Waals surface area contributed by atoms with Crippen molar-refractivity contribution in [2.24, 2.45) is 4.99 Å². The van der Waals surface area contributed by atoms with Crippen molar-refractivity contribution in [3.63, 3.8) is 0 Å². The highest BCUT2D eigenvalue weighted by molar-refractivity contribution is 7.07. The minimum Gasteiger partial charge on any atom is -0.463 e. The summed E-state index contributed by atoms with van der Waals surface area (Å²) in [5.74, 6) is 0.959. The molecule has 1 saturated heterocycles. The second-order valence-electron chi connectivity index (χ2n) is 8.68. The molecule has 2 aliphatic rings. The normalized spacial score (nSPS) is 19.0. The first-order valence-electron chi connectivity index (χ1n) is 11.7. The van der Waals surface area contributed by atoms with Gasteiger partial charge in [-0.2, -0.15) is 0 Å². The predicted octanol–water partition coefficient (Wildman–Crippen LogP) is 2.14. The van der Waals surface area contributed by atoms with Crippen LogP contribution in [0.5, 0.6) is 0 Å². The minimum absolute atomic E-state index is 0.213. The Hall–Kier alpha value is -3.43. The van der Waals surface area contributed by atoms with Crippen molar-refractivity contribution in [1.82, 2.24) is 9.47 Å². The lowest BCUT2D eigenvalue weighted by molar-refractivity contribution is -0.139. The number of anilines is 1. The molecule has 3 aromatic rings. The van der Waals surface area contributed by atoms with Gasteiger partial charge in [0.15, 0.2) is 10.7 Å². The van der Waals surface area contributed by atoms with E-state index in [-0.39, 0.29) is 12.2 Å². The molecule has 0 bridgehead atoms. The van der Waals surface area contributed by atoms with Gasteiger partial charge in [-0.05, 0) is 32.5 Å². The number of nitrogens with zero attached hydrogens (tertiary/aromatic N) is 4. The summed E-state index contributed by atoms with van der Waals surface area (Å²) in [6.45, 7) is 7.56. The van der Waals surface area contributed by atoms with E-state index in [4.69, 9.17) is 9.15 Å². The van der Waals surface area contributed by atoms with Gasteiger partial charge in [0.2, 0.25) is 0 Å². The van der Waals surface area contributed by atoms with E-state index in [1.54, 1.807) is 24.5 Å². The SMILES string of the molecule is CCOC(=O)C1=C(C)N=c2s/c(=C/c3ccc(N4CCN(C)CC4)o3)c(=O)n2[C@@H]1c1ccccc1.